The highest BCUT2D eigenvalue weighted by molar-refractivity contribution is 7.79. The summed E-state index contributed by atoms with van der Waals surface area (Å²) in [5, 5.41) is 2.55. The third kappa shape index (κ3) is 4.87. The van der Waals surface area contributed by atoms with Gasteiger partial charge in [0, 0.05) is 36.5 Å². The summed E-state index contributed by atoms with van der Waals surface area (Å²) in [6.07, 6.45) is 12.4. The van der Waals surface area contributed by atoms with Gasteiger partial charge in [0.1, 0.15) is 0 Å². The largest absolute Gasteiger partial charge is 0.472 e. The van der Waals surface area contributed by atoms with Crippen LogP contribution in [-0.4, -0.2) is 11.0 Å². The van der Waals surface area contributed by atoms with Crippen molar-refractivity contribution in [2.75, 3.05) is 6.54 Å². The molecule has 170 valence electrons. The van der Waals surface area contributed by atoms with Gasteiger partial charge in [-0.3, -0.25) is 4.44 Å². The van der Waals surface area contributed by atoms with Gasteiger partial charge < -0.3 is 8.83 Å². The fourth-order valence-corrected chi connectivity index (χ4v) is 12.2. The van der Waals surface area contributed by atoms with Gasteiger partial charge in [0.2, 0.25) is 0 Å². The molecule has 3 heterocycles. The summed E-state index contributed by atoms with van der Waals surface area (Å²) >= 11 is 0. The molecule has 1 aliphatic heterocycles. The van der Waals surface area contributed by atoms with Crippen molar-refractivity contribution in [2.45, 2.75) is 43.9 Å². The van der Waals surface area contributed by atoms with E-state index in [2.05, 4.69) is 84.2 Å². The van der Waals surface area contributed by atoms with Crippen LogP contribution in [0.4, 0.5) is 0 Å². The highest BCUT2D eigenvalue weighted by Crippen LogP contribution is 2.76. The molecule has 0 spiro atoms. The SMILES string of the molecule is CCCCN(P(c1ccoc1)c1ccoc1)P1[C@H](c2ccccc2)CC[C@H]1c1ccccc1. The van der Waals surface area contributed by atoms with Crippen LogP contribution in [0.2, 0.25) is 0 Å². The number of hydrogen-bond acceptors (Lipinski definition) is 3. The Morgan fingerprint density at radius 2 is 1.30 bits per heavy atom. The average molecular weight is 476 g/mol. The van der Waals surface area contributed by atoms with E-state index in [1.54, 1.807) is 0 Å². The van der Waals surface area contributed by atoms with Gasteiger partial charge in [-0.1, -0.05) is 74.0 Å². The van der Waals surface area contributed by atoms with Gasteiger partial charge in [-0.15, -0.1) is 0 Å². The van der Waals surface area contributed by atoms with E-state index in [-0.39, 0.29) is 0 Å². The van der Waals surface area contributed by atoms with Crippen LogP contribution in [-0.2, 0) is 0 Å². The average Bonchev–Trinajstić information content (AvgIpc) is 3.65. The molecule has 5 rings (SSSR count). The lowest BCUT2D eigenvalue weighted by molar-refractivity contribution is 0.568. The van der Waals surface area contributed by atoms with Crippen LogP contribution >= 0.6 is 16.1 Å². The summed E-state index contributed by atoms with van der Waals surface area (Å²) < 4.78 is 14.1. The van der Waals surface area contributed by atoms with Gasteiger partial charge in [0.15, 0.2) is 0 Å². The summed E-state index contributed by atoms with van der Waals surface area (Å²) in [7, 11) is -1.19. The lowest BCUT2D eigenvalue weighted by Crippen LogP contribution is -2.26. The second-order valence-corrected chi connectivity index (χ2v) is 13.5. The van der Waals surface area contributed by atoms with E-state index in [9.17, 15) is 0 Å². The first-order valence-corrected chi connectivity index (χ1v) is 14.6. The third-order valence-corrected chi connectivity index (χ3v) is 12.9. The summed E-state index contributed by atoms with van der Waals surface area (Å²) in [5.41, 5.74) is 4.09. The van der Waals surface area contributed by atoms with E-state index in [1.807, 2.05) is 25.1 Å². The van der Waals surface area contributed by atoms with Gasteiger partial charge in [-0.05, 0) is 50.6 Å². The van der Waals surface area contributed by atoms with Gasteiger partial charge in [-0.2, -0.15) is 0 Å². The summed E-state index contributed by atoms with van der Waals surface area (Å²) in [5.74, 6) is 0. The Balaban J connectivity index is 1.63. The molecule has 0 bridgehead atoms. The molecule has 0 N–H and O–H groups in total. The number of hydrogen-bond donors (Lipinski definition) is 0. The topological polar surface area (TPSA) is 29.5 Å². The van der Waals surface area contributed by atoms with E-state index >= 15 is 0 Å². The molecule has 1 aliphatic rings. The predicted molar refractivity (Wildman–Crippen MR) is 140 cm³/mol. The van der Waals surface area contributed by atoms with E-state index in [1.165, 1.54) is 47.4 Å². The number of furan rings is 2. The van der Waals surface area contributed by atoms with Crippen molar-refractivity contribution >= 4 is 26.8 Å². The zero-order chi connectivity index (χ0) is 22.5. The minimum absolute atomic E-state index is 0.470. The maximum absolute atomic E-state index is 5.60. The van der Waals surface area contributed by atoms with Crippen molar-refractivity contribution in [2.24, 2.45) is 0 Å². The van der Waals surface area contributed by atoms with E-state index in [0.717, 1.165) is 6.54 Å². The Morgan fingerprint density at radius 1 is 0.788 bits per heavy atom. The van der Waals surface area contributed by atoms with Crippen molar-refractivity contribution in [3.8, 4) is 0 Å². The van der Waals surface area contributed by atoms with Gasteiger partial charge >= 0.3 is 0 Å². The normalized spacial score (nSPS) is 19.0. The summed E-state index contributed by atoms with van der Waals surface area (Å²) in [6, 6.07) is 26.7. The molecule has 3 nitrogen and oxygen atoms in total. The number of rotatable bonds is 9. The zero-order valence-electron chi connectivity index (χ0n) is 19.1. The second kappa shape index (κ2) is 10.8. The smallest absolute Gasteiger partial charge is 0.0995 e. The van der Waals surface area contributed by atoms with E-state index in [4.69, 9.17) is 8.83 Å². The minimum Gasteiger partial charge on any atom is -0.472 e. The van der Waals surface area contributed by atoms with Crippen molar-refractivity contribution in [1.82, 2.24) is 4.44 Å². The molecule has 0 amide bonds. The molecule has 2 aromatic carbocycles. The molecule has 2 atom stereocenters. The first-order valence-electron chi connectivity index (χ1n) is 11.9. The molecule has 33 heavy (non-hydrogen) atoms. The van der Waals surface area contributed by atoms with Crippen LogP contribution in [0.5, 0.6) is 0 Å². The Morgan fingerprint density at radius 3 is 1.73 bits per heavy atom. The van der Waals surface area contributed by atoms with Crippen LogP contribution in [0.15, 0.2) is 107 Å². The molecule has 5 heteroatoms. The van der Waals surface area contributed by atoms with Crippen molar-refractivity contribution < 1.29 is 8.83 Å². The van der Waals surface area contributed by atoms with Crippen LogP contribution in [0, 0.1) is 0 Å². The van der Waals surface area contributed by atoms with Gasteiger partial charge in [0.25, 0.3) is 0 Å². The van der Waals surface area contributed by atoms with Gasteiger partial charge in [-0.25, -0.2) is 0 Å². The highest BCUT2D eigenvalue weighted by atomic mass is 31.2. The Bertz CT molecular complexity index is 1000. The lowest BCUT2D eigenvalue weighted by atomic mass is 10.0. The Hall–Kier alpha value is -2.18. The first kappa shape index (κ1) is 22.6. The molecule has 0 radical (unpaired) electrons. The van der Waals surface area contributed by atoms with Crippen LogP contribution in [0.25, 0.3) is 0 Å². The third-order valence-electron chi connectivity index (χ3n) is 6.43. The summed E-state index contributed by atoms with van der Waals surface area (Å²) in [6.45, 7) is 3.39. The molecule has 4 aromatic rings. The highest BCUT2D eigenvalue weighted by Gasteiger charge is 2.44. The first-order chi connectivity index (χ1) is 16.4. The molecule has 0 saturated carbocycles. The fraction of sp³-hybridized carbons (Fsp3) is 0.286. The van der Waals surface area contributed by atoms with Crippen LogP contribution < -0.4 is 10.6 Å². The Labute approximate surface area is 199 Å². The van der Waals surface area contributed by atoms with E-state index in [0.29, 0.717) is 11.3 Å². The minimum atomic E-state index is -0.722. The Kier molecular flexibility index (Phi) is 7.42. The van der Waals surface area contributed by atoms with Crippen molar-refractivity contribution in [3.63, 3.8) is 0 Å². The standard InChI is InChI=1S/C28H31NO2P2/c1-2-3-18-29(32(25-16-19-30-21-25)26-17-20-31-22-26)33-27(23-10-6-4-7-11-23)14-15-28(33)24-12-8-5-9-13-24/h4-13,16-17,19-22,27-28H,2-3,14-15,18H2,1H3/t27-,28-/m0/s1. The molecule has 0 unspecified atom stereocenters. The molecule has 2 aromatic heterocycles. The molecule has 1 saturated heterocycles. The fourth-order valence-electron chi connectivity index (χ4n) is 4.90. The lowest BCUT2D eigenvalue weighted by Gasteiger charge is -2.41. The number of benzene rings is 2. The zero-order valence-corrected chi connectivity index (χ0v) is 20.9. The predicted octanol–water partition coefficient (Wildman–Crippen LogP) is 8.00. The second-order valence-electron chi connectivity index (χ2n) is 8.53. The monoisotopic (exact) mass is 475 g/mol. The van der Waals surface area contributed by atoms with Crippen LogP contribution in [0.3, 0.4) is 0 Å². The maximum Gasteiger partial charge on any atom is 0.0995 e. The number of unbranched alkanes of at least 4 members (excludes halogenated alkanes) is 1. The van der Waals surface area contributed by atoms with E-state index < -0.39 is 16.1 Å². The molecular weight excluding hydrogens is 444 g/mol. The molecular formula is C28H31NO2P2. The summed E-state index contributed by atoms with van der Waals surface area (Å²) in [4.78, 5) is 0. The number of nitrogens with zero attached hydrogens (tertiary/aromatic N) is 1. The molecule has 0 aliphatic carbocycles. The van der Waals surface area contributed by atoms with Crippen molar-refractivity contribution in [1.29, 1.82) is 0 Å². The maximum atomic E-state index is 5.60. The quantitative estimate of drug-likeness (QED) is 0.230. The molecule has 1 fully saturated rings. The van der Waals surface area contributed by atoms with Crippen molar-refractivity contribution in [3.05, 3.63) is 109 Å². The van der Waals surface area contributed by atoms with Crippen LogP contribution in [0.1, 0.15) is 55.1 Å². The van der Waals surface area contributed by atoms with Gasteiger partial charge in [0.05, 0.1) is 25.1 Å².